The topological polar surface area (TPSA) is 57.8 Å². The Morgan fingerprint density at radius 2 is 2.38 bits per heavy atom. The van der Waals surface area contributed by atoms with Crippen LogP contribution < -0.4 is 10.9 Å². The Morgan fingerprint density at radius 3 is 2.94 bits per heavy atom. The maximum Gasteiger partial charge on any atom is 0.266 e. The second-order valence-electron chi connectivity index (χ2n) is 3.87. The lowest BCUT2D eigenvalue weighted by Gasteiger charge is -2.29. The predicted octanol–water partition coefficient (Wildman–Crippen LogP) is 2.58. The average molecular weight is 356 g/mol. The van der Waals surface area contributed by atoms with Crippen LogP contribution in [-0.4, -0.2) is 21.4 Å². The Balaban J connectivity index is 2.94. The van der Waals surface area contributed by atoms with E-state index in [2.05, 4.69) is 29.1 Å². The molecule has 0 fully saturated rings. The minimum Gasteiger partial charge on any atom is -0.364 e. The van der Waals surface area contributed by atoms with E-state index in [9.17, 15) is 4.79 Å². The summed E-state index contributed by atoms with van der Waals surface area (Å²) in [5.74, 6) is 1.20. The Hall–Kier alpha value is -0.300. The summed E-state index contributed by atoms with van der Waals surface area (Å²) in [4.78, 5) is 18.1. The number of halogens is 2. The van der Waals surface area contributed by atoms with Crippen LogP contribution in [0, 0.1) is 3.57 Å². The van der Waals surface area contributed by atoms with Crippen LogP contribution in [-0.2, 0) is 0 Å². The van der Waals surface area contributed by atoms with E-state index in [4.69, 9.17) is 11.6 Å². The SMILES string of the molecule is CCC(C)(CCCl)Nc1nc[nH]c(=O)c1I. The van der Waals surface area contributed by atoms with Crippen LogP contribution in [0.4, 0.5) is 5.82 Å². The molecular weight excluding hydrogens is 340 g/mol. The fraction of sp³-hybridized carbons (Fsp3) is 0.600. The maximum atomic E-state index is 11.4. The third-order valence-electron chi connectivity index (χ3n) is 2.64. The number of nitrogens with zero attached hydrogens (tertiary/aromatic N) is 1. The first-order valence-electron chi connectivity index (χ1n) is 5.10. The van der Waals surface area contributed by atoms with E-state index < -0.39 is 0 Å². The fourth-order valence-electron chi connectivity index (χ4n) is 1.29. The highest BCUT2D eigenvalue weighted by Crippen LogP contribution is 2.22. The van der Waals surface area contributed by atoms with Gasteiger partial charge in [0.05, 0.1) is 6.33 Å². The van der Waals surface area contributed by atoms with Crippen molar-refractivity contribution in [2.24, 2.45) is 0 Å². The Kier molecular flexibility index (Phi) is 5.04. The van der Waals surface area contributed by atoms with E-state index in [0.29, 0.717) is 15.3 Å². The highest BCUT2D eigenvalue weighted by molar-refractivity contribution is 14.1. The zero-order chi connectivity index (χ0) is 12.2. The van der Waals surface area contributed by atoms with E-state index in [1.54, 1.807) is 0 Å². The molecule has 0 saturated heterocycles. The molecule has 16 heavy (non-hydrogen) atoms. The summed E-state index contributed by atoms with van der Waals surface area (Å²) in [7, 11) is 0. The Labute approximate surface area is 113 Å². The number of hydrogen-bond donors (Lipinski definition) is 2. The van der Waals surface area contributed by atoms with Gasteiger partial charge in [-0.05, 0) is 42.4 Å². The van der Waals surface area contributed by atoms with Crippen molar-refractivity contribution in [1.82, 2.24) is 9.97 Å². The van der Waals surface area contributed by atoms with Gasteiger partial charge in [-0.2, -0.15) is 0 Å². The van der Waals surface area contributed by atoms with Crippen molar-refractivity contribution in [1.29, 1.82) is 0 Å². The quantitative estimate of drug-likeness (QED) is 0.630. The molecule has 6 heteroatoms. The molecule has 0 aliphatic heterocycles. The summed E-state index contributed by atoms with van der Waals surface area (Å²) >= 11 is 7.76. The average Bonchev–Trinajstić information content (AvgIpc) is 2.25. The number of alkyl halides is 1. The van der Waals surface area contributed by atoms with E-state index in [0.717, 1.165) is 12.8 Å². The molecule has 0 bridgehead atoms. The highest BCUT2D eigenvalue weighted by Gasteiger charge is 2.22. The number of anilines is 1. The number of nitrogens with one attached hydrogen (secondary N) is 2. The lowest BCUT2D eigenvalue weighted by molar-refractivity contribution is 0.478. The minimum atomic E-state index is -0.123. The van der Waals surface area contributed by atoms with E-state index in [1.807, 2.05) is 22.6 Å². The molecule has 0 aromatic carbocycles. The summed E-state index contributed by atoms with van der Waals surface area (Å²) in [5.41, 5.74) is -0.245. The van der Waals surface area contributed by atoms with Crippen molar-refractivity contribution in [2.45, 2.75) is 32.2 Å². The van der Waals surface area contributed by atoms with Crippen molar-refractivity contribution in [3.63, 3.8) is 0 Å². The van der Waals surface area contributed by atoms with Crippen molar-refractivity contribution in [3.8, 4) is 0 Å². The zero-order valence-electron chi connectivity index (χ0n) is 9.31. The van der Waals surface area contributed by atoms with Gasteiger partial charge in [0.15, 0.2) is 0 Å². The van der Waals surface area contributed by atoms with Crippen LogP contribution in [0.25, 0.3) is 0 Å². The van der Waals surface area contributed by atoms with Crippen molar-refractivity contribution < 1.29 is 0 Å². The van der Waals surface area contributed by atoms with Gasteiger partial charge in [0.1, 0.15) is 9.39 Å². The van der Waals surface area contributed by atoms with Crippen LogP contribution in [0.1, 0.15) is 26.7 Å². The van der Waals surface area contributed by atoms with E-state index >= 15 is 0 Å². The molecule has 0 aliphatic rings. The molecule has 0 radical (unpaired) electrons. The molecule has 0 amide bonds. The standard InChI is InChI=1S/C10H15ClIN3O/c1-3-10(2,4-5-11)15-8-7(12)9(16)14-6-13-8/h6H,3-5H2,1-2H3,(H2,13,14,15,16). The molecule has 2 N–H and O–H groups in total. The number of aromatic amines is 1. The van der Waals surface area contributed by atoms with Gasteiger partial charge in [-0.1, -0.05) is 6.92 Å². The molecule has 1 rings (SSSR count). The number of rotatable bonds is 5. The molecule has 1 unspecified atom stereocenters. The molecular formula is C10H15ClIN3O. The van der Waals surface area contributed by atoms with E-state index in [-0.39, 0.29) is 11.1 Å². The van der Waals surface area contributed by atoms with Gasteiger partial charge >= 0.3 is 0 Å². The zero-order valence-corrected chi connectivity index (χ0v) is 12.2. The van der Waals surface area contributed by atoms with Crippen LogP contribution in [0.5, 0.6) is 0 Å². The lowest BCUT2D eigenvalue weighted by atomic mass is 9.95. The first kappa shape index (κ1) is 13.8. The largest absolute Gasteiger partial charge is 0.364 e. The molecule has 1 heterocycles. The van der Waals surface area contributed by atoms with Crippen molar-refractivity contribution >= 4 is 40.0 Å². The summed E-state index contributed by atoms with van der Waals surface area (Å²) in [6.07, 6.45) is 3.16. The maximum absolute atomic E-state index is 11.4. The molecule has 1 atom stereocenters. The molecule has 4 nitrogen and oxygen atoms in total. The summed E-state index contributed by atoms with van der Waals surface area (Å²) in [6, 6.07) is 0. The number of aromatic nitrogens is 2. The second kappa shape index (κ2) is 5.86. The van der Waals surface area contributed by atoms with Crippen LogP contribution in [0.2, 0.25) is 0 Å². The molecule has 1 aromatic rings. The van der Waals surface area contributed by atoms with E-state index in [1.165, 1.54) is 6.33 Å². The van der Waals surface area contributed by atoms with Gasteiger partial charge in [0.25, 0.3) is 5.56 Å². The summed E-state index contributed by atoms with van der Waals surface area (Å²) < 4.78 is 0.578. The first-order chi connectivity index (χ1) is 7.52. The van der Waals surface area contributed by atoms with Gasteiger partial charge in [-0.3, -0.25) is 4.79 Å². The number of hydrogen-bond acceptors (Lipinski definition) is 3. The Bertz CT molecular complexity index is 409. The molecule has 0 saturated carbocycles. The second-order valence-corrected chi connectivity index (χ2v) is 5.33. The first-order valence-corrected chi connectivity index (χ1v) is 6.71. The fourth-order valence-corrected chi connectivity index (χ4v) is 2.14. The third-order valence-corrected chi connectivity index (χ3v) is 3.83. The molecule has 1 aromatic heterocycles. The van der Waals surface area contributed by atoms with Crippen LogP contribution >= 0.6 is 34.2 Å². The van der Waals surface area contributed by atoms with Crippen molar-refractivity contribution in [3.05, 3.63) is 20.3 Å². The third kappa shape index (κ3) is 3.35. The number of H-pyrrole nitrogens is 1. The van der Waals surface area contributed by atoms with Crippen LogP contribution in [0.3, 0.4) is 0 Å². The highest BCUT2D eigenvalue weighted by atomic mass is 127. The smallest absolute Gasteiger partial charge is 0.266 e. The molecule has 0 spiro atoms. The van der Waals surface area contributed by atoms with Crippen LogP contribution in [0.15, 0.2) is 11.1 Å². The summed E-state index contributed by atoms with van der Waals surface area (Å²) in [6.45, 7) is 4.16. The molecule has 90 valence electrons. The van der Waals surface area contributed by atoms with Gasteiger partial charge in [0, 0.05) is 11.4 Å². The van der Waals surface area contributed by atoms with Crippen molar-refractivity contribution in [2.75, 3.05) is 11.2 Å². The van der Waals surface area contributed by atoms with Gasteiger partial charge < -0.3 is 10.3 Å². The normalized spacial score (nSPS) is 14.5. The predicted molar refractivity (Wildman–Crippen MR) is 75.2 cm³/mol. The van der Waals surface area contributed by atoms with Gasteiger partial charge in [-0.25, -0.2) is 4.98 Å². The monoisotopic (exact) mass is 355 g/mol. The Morgan fingerprint density at radius 1 is 1.69 bits per heavy atom. The minimum absolute atomic E-state index is 0.123. The van der Waals surface area contributed by atoms with Gasteiger partial charge in [-0.15, -0.1) is 11.6 Å². The van der Waals surface area contributed by atoms with Gasteiger partial charge in [0.2, 0.25) is 0 Å². The lowest BCUT2D eigenvalue weighted by Crippen LogP contribution is -2.36. The summed E-state index contributed by atoms with van der Waals surface area (Å²) in [5, 5.41) is 3.29. The molecule has 0 aliphatic carbocycles.